The lowest BCUT2D eigenvalue weighted by Gasteiger charge is -2.18. The van der Waals surface area contributed by atoms with Gasteiger partial charge in [-0.2, -0.15) is 0 Å². The van der Waals surface area contributed by atoms with Gasteiger partial charge < -0.3 is 10.1 Å². The van der Waals surface area contributed by atoms with E-state index >= 15 is 0 Å². The molecule has 0 atom stereocenters. The van der Waals surface area contributed by atoms with Crippen molar-refractivity contribution in [3.63, 3.8) is 0 Å². The number of ether oxygens (including phenoxy) is 1. The van der Waals surface area contributed by atoms with Crippen molar-refractivity contribution in [3.8, 4) is 5.75 Å². The van der Waals surface area contributed by atoms with Gasteiger partial charge in [0.25, 0.3) is 17.7 Å². The molecular weight excluding hydrogens is 368 g/mol. The molecule has 0 bridgehead atoms. The zero-order valence-corrected chi connectivity index (χ0v) is 16.4. The van der Waals surface area contributed by atoms with Crippen LogP contribution >= 0.6 is 0 Å². The molecule has 2 aromatic rings. The van der Waals surface area contributed by atoms with Gasteiger partial charge in [-0.25, -0.2) is 0 Å². The van der Waals surface area contributed by atoms with Crippen LogP contribution in [0.4, 0.5) is 0 Å². The molecule has 3 amide bonds. The molecule has 0 unspecified atom stereocenters. The van der Waals surface area contributed by atoms with Crippen molar-refractivity contribution in [2.24, 2.45) is 0 Å². The Morgan fingerprint density at radius 2 is 1.72 bits per heavy atom. The van der Waals surface area contributed by atoms with Crippen LogP contribution in [-0.2, 0) is 6.54 Å². The van der Waals surface area contributed by atoms with Crippen LogP contribution in [0.25, 0.3) is 0 Å². The fraction of sp³-hybridized carbons (Fsp3) is 0.348. The number of benzene rings is 2. The summed E-state index contributed by atoms with van der Waals surface area (Å²) in [4.78, 5) is 39.3. The van der Waals surface area contributed by atoms with Gasteiger partial charge in [-0.1, -0.05) is 31.0 Å². The van der Waals surface area contributed by atoms with Gasteiger partial charge in [0.05, 0.1) is 29.8 Å². The smallest absolute Gasteiger partial charge is 0.261 e. The van der Waals surface area contributed by atoms with Crippen molar-refractivity contribution < 1.29 is 19.1 Å². The SMILES string of the molecule is CCOc1ccc(CN2C(=O)c3ccccc3C2=O)cc1C(=O)NC1CCCC1. The lowest BCUT2D eigenvalue weighted by Crippen LogP contribution is -2.33. The van der Waals surface area contributed by atoms with E-state index in [1.165, 1.54) is 4.90 Å². The van der Waals surface area contributed by atoms with E-state index in [2.05, 4.69) is 5.32 Å². The Labute approximate surface area is 169 Å². The number of rotatable bonds is 6. The molecule has 0 radical (unpaired) electrons. The van der Waals surface area contributed by atoms with Crippen molar-refractivity contribution in [1.82, 2.24) is 10.2 Å². The number of fused-ring (bicyclic) bond motifs is 1. The molecule has 2 aromatic carbocycles. The number of carbonyl (C=O) groups excluding carboxylic acids is 3. The van der Waals surface area contributed by atoms with Crippen LogP contribution in [0, 0.1) is 0 Å². The van der Waals surface area contributed by atoms with E-state index in [1.807, 2.05) is 6.92 Å². The fourth-order valence-electron chi connectivity index (χ4n) is 4.03. The van der Waals surface area contributed by atoms with E-state index in [1.54, 1.807) is 42.5 Å². The number of nitrogens with one attached hydrogen (secondary N) is 1. The number of hydrogen-bond acceptors (Lipinski definition) is 4. The molecular formula is C23H24N2O4. The second kappa shape index (κ2) is 8.07. The van der Waals surface area contributed by atoms with Crippen molar-refractivity contribution in [3.05, 3.63) is 64.7 Å². The van der Waals surface area contributed by atoms with Crippen LogP contribution in [0.5, 0.6) is 5.75 Å². The average Bonchev–Trinajstić information content (AvgIpc) is 3.32. The van der Waals surface area contributed by atoms with Crippen molar-refractivity contribution in [1.29, 1.82) is 0 Å². The zero-order valence-electron chi connectivity index (χ0n) is 16.4. The van der Waals surface area contributed by atoms with Crippen molar-refractivity contribution in [2.45, 2.75) is 45.2 Å². The second-order valence-corrected chi connectivity index (χ2v) is 7.46. The van der Waals surface area contributed by atoms with Crippen LogP contribution in [0.3, 0.4) is 0 Å². The maximum absolute atomic E-state index is 12.9. The molecule has 2 aliphatic rings. The fourth-order valence-corrected chi connectivity index (χ4v) is 4.03. The number of hydrogen-bond donors (Lipinski definition) is 1. The molecule has 1 fully saturated rings. The summed E-state index contributed by atoms with van der Waals surface area (Å²) >= 11 is 0. The van der Waals surface area contributed by atoms with Gasteiger partial charge in [0.15, 0.2) is 0 Å². The van der Waals surface area contributed by atoms with Crippen molar-refractivity contribution in [2.75, 3.05) is 6.61 Å². The Kier molecular flexibility index (Phi) is 5.34. The molecule has 4 rings (SSSR count). The van der Waals surface area contributed by atoms with E-state index in [4.69, 9.17) is 4.74 Å². The van der Waals surface area contributed by atoms with E-state index in [-0.39, 0.29) is 30.3 Å². The summed E-state index contributed by atoms with van der Waals surface area (Å²) in [7, 11) is 0. The molecule has 1 N–H and O–H groups in total. The average molecular weight is 392 g/mol. The van der Waals surface area contributed by atoms with Crippen LogP contribution in [-0.4, -0.2) is 35.3 Å². The number of amides is 3. The maximum Gasteiger partial charge on any atom is 0.261 e. The zero-order chi connectivity index (χ0) is 20.4. The van der Waals surface area contributed by atoms with Gasteiger partial charge in [-0.3, -0.25) is 19.3 Å². The Hall–Kier alpha value is -3.15. The lowest BCUT2D eigenvalue weighted by molar-refractivity contribution is 0.0642. The van der Waals surface area contributed by atoms with E-state index in [9.17, 15) is 14.4 Å². The molecule has 1 saturated carbocycles. The van der Waals surface area contributed by atoms with E-state index < -0.39 is 0 Å². The van der Waals surface area contributed by atoms with Crippen molar-refractivity contribution >= 4 is 17.7 Å². The van der Waals surface area contributed by atoms with Crippen LogP contribution < -0.4 is 10.1 Å². The monoisotopic (exact) mass is 392 g/mol. The molecule has 6 nitrogen and oxygen atoms in total. The van der Waals surface area contributed by atoms with Gasteiger partial charge in [0, 0.05) is 6.04 Å². The molecule has 29 heavy (non-hydrogen) atoms. The summed E-state index contributed by atoms with van der Waals surface area (Å²) < 4.78 is 5.63. The highest BCUT2D eigenvalue weighted by atomic mass is 16.5. The topological polar surface area (TPSA) is 75.7 Å². The predicted molar refractivity (Wildman–Crippen MR) is 108 cm³/mol. The summed E-state index contributed by atoms with van der Waals surface area (Å²) in [5.41, 5.74) is 1.98. The highest BCUT2D eigenvalue weighted by Gasteiger charge is 2.35. The molecule has 1 heterocycles. The lowest BCUT2D eigenvalue weighted by atomic mass is 10.1. The first kappa shape index (κ1) is 19.2. The molecule has 6 heteroatoms. The molecule has 150 valence electrons. The van der Waals surface area contributed by atoms with Gasteiger partial charge >= 0.3 is 0 Å². The normalized spacial score (nSPS) is 16.2. The summed E-state index contributed by atoms with van der Waals surface area (Å²) in [5.74, 6) is -0.286. The first-order valence-electron chi connectivity index (χ1n) is 10.1. The number of imide groups is 1. The molecule has 1 aliphatic heterocycles. The van der Waals surface area contributed by atoms with Gasteiger partial charge in [0.2, 0.25) is 0 Å². The van der Waals surface area contributed by atoms with E-state index in [0.717, 1.165) is 25.7 Å². The Balaban J connectivity index is 1.57. The Bertz CT molecular complexity index is 928. The number of nitrogens with zero attached hydrogens (tertiary/aromatic N) is 1. The number of carbonyl (C=O) groups is 3. The highest BCUT2D eigenvalue weighted by molar-refractivity contribution is 6.21. The third kappa shape index (κ3) is 3.75. The quantitative estimate of drug-likeness (QED) is 0.763. The van der Waals surface area contributed by atoms with Gasteiger partial charge in [0.1, 0.15) is 5.75 Å². The van der Waals surface area contributed by atoms with Crippen LogP contribution in [0.1, 0.15) is 69.2 Å². The molecule has 0 saturated heterocycles. The first-order valence-corrected chi connectivity index (χ1v) is 10.1. The predicted octanol–water partition coefficient (Wildman–Crippen LogP) is 3.55. The third-order valence-corrected chi connectivity index (χ3v) is 5.50. The standard InChI is InChI=1S/C23H24N2O4/c1-2-29-20-12-11-15(13-19(20)21(26)24-16-7-3-4-8-16)14-25-22(27)17-9-5-6-10-18(17)23(25)28/h5-6,9-13,16H,2-4,7-8,14H2,1H3,(H,24,26). The Morgan fingerprint density at radius 3 is 2.34 bits per heavy atom. The Morgan fingerprint density at radius 1 is 1.07 bits per heavy atom. The van der Waals surface area contributed by atoms with Gasteiger partial charge in [-0.05, 0) is 49.6 Å². The summed E-state index contributed by atoms with van der Waals surface area (Å²) in [6.07, 6.45) is 4.24. The third-order valence-electron chi connectivity index (χ3n) is 5.50. The van der Waals surface area contributed by atoms with E-state index in [0.29, 0.717) is 34.6 Å². The molecule has 0 aromatic heterocycles. The van der Waals surface area contributed by atoms with Crippen LogP contribution in [0.15, 0.2) is 42.5 Å². The minimum atomic E-state index is -0.309. The summed E-state index contributed by atoms with van der Waals surface area (Å²) in [5, 5.41) is 3.08. The minimum absolute atomic E-state index is 0.114. The molecule has 1 aliphatic carbocycles. The summed E-state index contributed by atoms with van der Waals surface area (Å²) in [6.45, 7) is 2.43. The summed E-state index contributed by atoms with van der Waals surface area (Å²) in [6, 6.07) is 12.3. The first-order chi connectivity index (χ1) is 14.1. The maximum atomic E-state index is 12.9. The molecule has 0 spiro atoms. The van der Waals surface area contributed by atoms with Crippen LogP contribution in [0.2, 0.25) is 0 Å². The largest absolute Gasteiger partial charge is 0.493 e. The highest BCUT2D eigenvalue weighted by Crippen LogP contribution is 2.27. The van der Waals surface area contributed by atoms with Gasteiger partial charge in [-0.15, -0.1) is 0 Å². The second-order valence-electron chi connectivity index (χ2n) is 7.46. The minimum Gasteiger partial charge on any atom is -0.493 e.